The molecule has 1 N–H and O–H groups in total. The standard InChI is InChI=1S/C14H26N4O2/c1-12(2)15-9-14-10-18(17-16-14)5-8-20-11-13-3-6-19-7-4-13/h10,12-13,15H,3-9,11H2,1-2H3. The van der Waals surface area contributed by atoms with E-state index in [2.05, 4.69) is 29.5 Å². The Hall–Kier alpha value is -0.980. The molecule has 0 unspecified atom stereocenters. The molecule has 1 aromatic heterocycles. The predicted octanol–water partition coefficient (Wildman–Crippen LogP) is 1.22. The third-order valence-electron chi connectivity index (χ3n) is 3.44. The van der Waals surface area contributed by atoms with E-state index in [1.54, 1.807) is 0 Å². The van der Waals surface area contributed by atoms with Crippen LogP contribution in [0.4, 0.5) is 0 Å². The fraction of sp³-hybridized carbons (Fsp3) is 0.857. The largest absolute Gasteiger partial charge is 0.381 e. The molecule has 2 heterocycles. The smallest absolute Gasteiger partial charge is 0.0964 e. The number of aromatic nitrogens is 3. The summed E-state index contributed by atoms with van der Waals surface area (Å²) in [5.74, 6) is 0.658. The first kappa shape index (κ1) is 15.4. The normalized spacial score (nSPS) is 16.9. The van der Waals surface area contributed by atoms with Gasteiger partial charge >= 0.3 is 0 Å². The van der Waals surface area contributed by atoms with Gasteiger partial charge in [-0.1, -0.05) is 19.1 Å². The highest BCUT2D eigenvalue weighted by Gasteiger charge is 2.13. The molecule has 20 heavy (non-hydrogen) atoms. The summed E-state index contributed by atoms with van der Waals surface area (Å²) in [6.45, 7) is 9.05. The summed E-state index contributed by atoms with van der Waals surface area (Å²) in [4.78, 5) is 0. The molecule has 0 aliphatic carbocycles. The summed E-state index contributed by atoms with van der Waals surface area (Å²) in [6, 6.07) is 0.461. The van der Waals surface area contributed by atoms with Gasteiger partial charge in [0, 0.05) is 38.6 Å². The number of nitrogens with zero attached hydrogens (tertiary/aromatic N) is 3. The lowest BCUT2D eigenvalue weighted by atomic mass is 10.0. The summed E-state index contributed by atoms with van der Waals surface area (Å²) >= 11 is 0. The first-order chi connectivity index (χ1) is 9.74. The van der Waals surface area contributed by atoms with Gasteiger partial charge < -0.3 is 14.8 Å². The summed E-state index contributed by atoms with van der Waals surface area (Å²) < 4.78 is 12.9. The van der Waals surface area contributed by atoms with Crippen LogP contribution in [0, 0.1) is 5.92 Å². The van der Waals surface area contributed by atoms with Crippen molar-refractivity contribution >= 4 is 0 Å². The molecular weight excluding hydrogens is 256 g/mol. The highest BCUT2D eigenvalue weighted by atomic mass is 16.5. The zero-order chi connectivity index (χ0) is 14.2. The van der Waals surface area contributed by atoms with E-state index in [-0.39, 0.29) is 0 Å². The Labute approximate surface area is 120 Å². The first-order valence-corrected chi connectivity index (χ1v) is 7.52. The molecule has 2 rings (SSSR count). The van der Waals surface area contributed by atoms with Crippen LogP contribution < -0.4 is 5.32 Å². The topological polar surface area (TPSA) is 61.2 Å². The van der Waals surface area contributed by atoms with Gasteiger partial charge in [0.05, 0.1) is 18.8 Å². The molecule has 1 fully saturated rings. The number of rotatable bonds is 8. The van der Waals surface area contributed by atoms with Gasteiger partial charge in [0.25, 0.3) is 0 Å². The zero-order valence-corrected chi connectivity index (χ0v) is 12.5. The predicted molar refractivity (Wildman–Crippen MR) is 76.4 cm³/mol. The number of nitrogens with one attached hydrogen (secondary N) is 1. The molecule has 0 radical (unpaired) electrons. The third-order valence-corrected chi connectivity index (χ3v) is 3.44. The van der Waals surface area contributed by atoms with E-state index in [0.29, 0.717) is 18.6 Å². The maximum atomic E-state index is 5.72. The fourth-order valence-electron chi connectivity index (χ4n) is 2.16. The van der Waals surface area contributed by atoms with Crippen LogP contribution in [0.2, 0.25) is 0 Å². The average Bonchev–Trinajstić information content (AvgIpc) is 2.90. The first-order valence-electron chi connectivity index (χ1n) is 7.52. The van der Waals surface area contributed by atoms with Crippen molar-refractivity contribution < 1.29 is 9.47 Å². The van der Waals surface area contributed by atoms with E-state index in [9.17, 15) is 0 Å². The number of hydrogen-bond donors (Lipinski definition) is 1. The van der Waals surface area contributed by atoms with E-state index in [1.807, 2.05) is 10.9 Å². The van der Waals surface area contributed by atoms with Gasteiger partial charge in [0.15, 0.2) is 0 Å². The van der Waals surface area contributed by atoms with Crippen LogP contribution in [-0.2, 0) is 22.6 Å². The van der Waals surface area contributed by atoms with Crippen molar-refractivity contribution in [3.63, 3.8) is 0 Å². The molecular formula is C14H26N4O2. The van der Waals surface area contributed by atoms with Crippen molar-refractivity contribution in [3.8, 4) is 0 Å². The summed E-state index contributed by atoms with van der Waals surface area (Å²) in [5.41, 5.74) is 0.975. The van der Waals surface area contributed by atoms with Crippen molar-refractivity contribution in [2.75, 3.05) is 26.4 Å². The Balaban J connectivity index is 1.59. The Bertz CT molecular complexity index is 375. The second-order valence-electron chi connectivity index (χ2n) is 5.64. The molecule has 0 saturated carbocycles. The van der Waals surface area contributed by atoms with Crippen molar-refractivity contribution in [3.05, 3.63) is 11.9 Å². The van der Waals surface area contributed by atoms with Crippen LogP contribution in [0.5, 0.6) is 0 Å². The summed E-state index contributed by atoms with van der Waals surface area (Å²) in [7, 11) is 0. The van der Waals surface area contributed by atoms with Crippen molar-refractivity contribution in [1.29, 1.82) is 0 Å². The maximum absolute atomic E-state index is 5.72. The number of ether oxygens (including phenoxy) is 2. The van der Waals surface area contributed by atoms with E-state index >= 15 is 0 Å². The fourth-order valence-corrected chi connectivity index (χ4v) is 2.16. The Morgan fingerprint density at radius 1 is 1.45 bits per heavy atom. The highest BCUT2D eigenvalue weighted by molar-refractivity contribution is 4.91. The lowest BCUT2D eigenvalue weighted by Gasteiger charge is -2.21. The van der Waals surface area contributed by atoms with Crippen LogP contribution in [-0.4, -0.2) is 47.5 Å². The van der Waals surface area contributed by atoms with Crippen LogP contribution >= 0.6 is 0 Å². The lowest BCUT2D eigenvalue weighted by Crippen LogP contribution is -2.22. The van der Waals surface area contributed by atoms with Crippen molar-refractivity contribution in [1.82, 2.24) is 20.3 Å². The molecule has 1 saturated heterocycles. The Morgan fingerprint density at radius 2 is 2.25 bits per heavy atom. The minimum Gasteiger partial charge on any atom is -0.381 e. The summed E-state index contributed by atoms with van der Waals surface area (Å²) in [6.07, 6.45) is 4.22. The summed E-state index contributed by atoms with van der Waals surface area (Å²) in [5, 5.41) is 11.6. The van der Waals surface area contributed by atoms with Gasteiger partial charge in [-0.15, -0.1) is 5.10 Å². The van der Waals surface area contributed by atoms with Gasteiger partial charge in [0.1, 0.15) is 0 Å². The van der Waals surface area contributed by atoms with E-state index in [1.165, 1.54) is 0 Å². The third kappa shape index (κ3) is 5.56. The van der Waals surface area contributed by atoms with Gasteiger partial charge in [-0.05, 0) is 18.8 Å². The van der Waals surface area contributed by atoms with Gasteiger partial charge in [-0.25, -0.2) is 4.68 Å². The maximum Gasteiger partial charge on any atom is 0.0964 e. The van der Waals surface area contributed by atoms with E-state index in [0.717, 1.165) is 51.4 Å². The molecule has 6 nitrogen and oxygen atoms in total. The molecule has 1 aliphatic rings. The molecule has 1 aliphatic heterocycles. The Morgan fingerprint density at radius 3 is 3.00 bits per heavy atom. The molecule has 1 aromatic rings. The Kier molecular flexibility index (Phi) is 6.42. The van der Waals surface area contributed by atoms with Crippen LogP contribution in [0.15, 0.2) is 6.20 Å². The van der Waals surface area contributed by atoms with Gasteiger partial charge in [-0.3, -0.25) is 0 Å². The van der Waals surface area contributed by atoms with Crippen LogP contribution in [0.1, 0.15) is 32.4 Å². The van der Waals surface area contributed by atoms with E-state index < -0.39 is 0 Å². The van der Waals surface area contributed by atoms with Gasteiger partial charge in [-0.2, -0.15) is 0 Å². The molecule has 0 spiro atoms. The minimum atomic E-state index is 0.461. The molecule has 0 aromatic carbocycles. The number of hydrogen-bond acceptors (Lipinski definition) is 5. The minimum absolute atomic E-state index is 0.461. The molecule has 0 atom stereocenters. The van der Waals surface area contributed by atoms with Crippen LogP contribution in [0.25, 0.3) is 0 Å². The quantitative estimate of drug-likeness (QED) is 0.726. The second kappa shape index (κ2) is 8.34. The van der Waals surface area contributed by atoms with Crippen molar-refractivity contribution in [2.45, 2.75) is 45.8 Å². The SMILES string of the molecule is CC(C)NCc1cn(CCOCC2CCOCC2)nn1. The zero-order valence-electron chi connectivity index (χ0n) is 12.5. The average molecular weight is 282 g/mol. The van der Waals surface area contributed by atoms with Crippen molar-refractivity contribution in [2.24, 2.45) is 5.92 Å². The highest BCUT2D eigenvalue weighted by Crippen LogP contribution is 2.14. The lowest BCUT2D eigenvalue weighted by molar-refractivity contribution is 0.0183. The van der Waals surface area contributed by atoms with Crippen LogP contribution in [0.3, 0.4) is 0 Å². The molecule has 0 bridgehead atoms. The molecule has 0 amide bonds. The monoisotopic (exact) mass is 282 g/mol. The second-order valence-corrected chi connectivity index (χ2v) is 5.64. The van der Waals surface area contributed by atoms with E-state index in [4.69, 9.17) is 9.47 Å². The molecule has 6 heteroatoms. The molecule has 114 valence electrons. The van der Waals surface area contributed by atoms with Gasteiger partial charge in [0.2, 0.25) is 0 Å².